The van der Waals surface area contributed by atoms with E-state index >= 15 is 0 Å². The number of benzene rings is 2. The van der Waals surface area contributed by atoms with Crippen molar-refractivity contribution in [2.24, 2.45) is 0 Å². The van der Waals surface area contributed by atoms with Crippen LogP contribution in [0.1, 0.15) is 75.8 Å². The molecule has 0 aliphatic heterocycles. The van der Waals surface area contributed by atoms with E-state index in [4.69, 9.17) is 11.6 Å². The molecular weight excluding hydrogens is 458 g/mol. The van der Waals surface area contributed by atoms with Crippen LogP contribution in [-0.2, 0) is 16.0 Å². The third-order valence-electron chi connectivity index (χ3n) is 7.63. The van der Waals surface area contributed by atoms with Crippen molar-refractivity contribution in [3.8, 4) is 0 Å². The highest BCUT2D eigenvalue weighted by Gasteiger charge is 2.37. The minimum Gasteiger partial charge on any atom is -0.353 e. The van der Waals surface area contributed by atoms with E-state index in [1.165, 1.54) is 11.1 Å². The minimum absolute atomic E-state index is 0.0488. The number of carbonyl (C=O) groups is 2. The molecule has 3 rings (SSSR count). The van der Waals surface area contributed by atoms with Crippen molar-refractivity contribution in [2.45, 2.75) is 82.7 Å². The summed E-state index contributed by atoms with van der Waals surface area (Å²) in [6.07, 6.45) is 6.34. The maximum atomic E-state index is 12.5. The van der Waals surface area contributed by atoms with E-state index in [1.807, 2.05) is 24.3 Å². The molecule has 0 saturated heterocycles. The summed E-state index contributed by atoms with van der Waals surface area (Å²) in [4.78, 5) is 27.2. The average Bonchev–Trinajstić information content (AvgIpc) is 2.85. The topological polar surface area (TPSA) is 61.4 Å². The van der Waals surface area contributed by atoms with Crippen molar-refractivity contribution in [1.29, 1.82) is 0 Å². The van der Waals surface area contributed by atoms with Crippen molar-refractivity contribution in [3.63, 3.8) is 0 Å². The smallest absolute Gasteiger partial charge is 0.224 e. The molecule has 1 unspecified atom stereocenters. The van der Waals surface area contributed by atoms with Gasteiger partial charge in [0.05, 0.1) is 0 Å². The molecule has 1 saturated carbocycles. The highest BCUT2D eigenvalue weighted by Crippen LogP contribution is 2.35. The molecule has 2 N–H and O–H groups in total. The average molecular weight is 498 g/mol. The van der Waals surface area contributed by atoms with Gasteiger partial charge < -0.3 is 15.5 Å². The summed E-state index contributed by atoms with van der Waals surface area (Å²) >= 11 is 6.05. The van der Waals surface area contributed by atoms with Gasteiger partial charge >= 0.3 is 0 Å². The van der Waals surface area contributed by atoms with Crippen LogP contribution < -0.4 is 10.6 Å². The Morgan fingerprint density at radius 1 is 1.00 bits per heavy atom. The number of nitrogens with zero attached hydrogens (tertiary/aromatic N) is 1. The molecule has 2 aromatic carbocycles. The molecule has 2 amide bonds. The Bertz CT molecular complexity index is 964. The van der Waals surface area contributed by atoms with Gasteiger partial charge in [0.1, 0.15) is 0 Å². The molecule has 190 valence electrons. The van der Waals surface area contributed by atoms with Gasteiger partial charge in [-0.3, -0.25) is 9.59 Å². The summed E-state index contributed by atoms with van der Waals surface area (Å²) in [5.41, 5.74) is 3.41. The number of amides is 2. The molecule has 1 atom stereocenters. The van der Waals surface area contributed by atoms with Gasteiger partial charge in [0.25, 0.3) is 0 Å². The Labute approximate surface area is 215 Å². The molecule has 0 radical (unpaired) electrons. The van der Waals surface area contributed by atoms with Crippen LogP contribution in [0.5, 0.6) is 0 Å². The second-order valence-electron chi connectivity index (χ2n) is 10.2. The minimum atomic E-state index is -0.130. The van der Waals surface area contributed by atoms with Gasteiger partial charge in [0, 0.05) is 35.1 Å². The van der Waals surface area contributed by atoms with Crippen LogP contribution >= 0.6 is 11.6 Å². The first-order valence-corrected chi connectivity index (χ1v) is 13.2. The van der Waals surface area contributed by atoms with Crippen molar-refractivity contribution < 1.29 is 9.59 Å². The molecule has 5 nitrogen and oxygen atoms in total. The summed E-state index contributed by atoms with van der Waals surface area (Å²) in [6.45, 7) is 4.36. The Kier molecular flexibility index (Phi) is 9.76. The van der Waals surface area contributed by atoms with Gasteiger partial charge in [-0.2, -0.15) is 0 Å². The molecule has 1 fully saturated rings. The Morgan fingerprint density at radius 2 is 1.60 bits per heavy atom. The van der Waals surface area contributed by atoms with Crippen LogP contribution in [0.4, 0.5) is 5.69 Å². The van der Waals surface area contributed by atoms with Crippen molar-refractivity contribution in [1.82, 2.24) is 10.2 Å². The van der Waals surface area contributed by atoms with Crippen molar-refractivity contribution in [3.05, 3.63) is 64.7 Å². The van der Waals surface area contributed by atoms with Crippen LogP contribution in [0, 0.1) is 0 Å². The monoisotopic (exact) mass is 497 g/mol. The number of anilines is 1. The highest BCUT2D eigenvalue weighted by molar-refractivity contribution is 6.30. The molecule has 1 aliphatic rings. The van der Waals surface area contributed by atoms with Crippen LogP contribution in [0.15, 0.2) is 48.5 Å². The summed E-state index contributed by atoms with van der Waals surface area (Å²) in [7, 11) is 4.29. The first kappa shape index (κ1) is 27.2. The van der Waals surface area contributed by atoms with Gasteiger partial charge in [0.15, 0.2) is 0 Å². The number of rotatable bonds is 10. The van der Waals surface area contributed by atoms with E-state index in [2.05, 4.69) is 67.7 Å². The third-order valence-corrected chi connectivity index (χ3v) is 7.88. The van der Waals surface area contributed by atoms with Crippen molar-refractivity contribution >= 4 is 29.1 Å². The first-order valence-electron chi connectivity index (χ1n) is 12.8. The van der Waals surface area contributed by atoms with Crippen LogP contribution in [0.3, 0.4) is 0 Å². The summed E-state index contributed by atoms with van der Waals surface area (Å²) in [5.74, 6) is 0.325. The fourth-order valence-electron chi connectivity index (χ4n) is 4.94. The number of hydrogen-bond acceptors (Lipinski definition) is 3. The lowest BCUT2D eigenvalue weighted by atomic mass is 9.75. The fraction of sp³-hybridized carbons (Fsp3) is 0.517. The Hall–Kier alpha value is -2.37. The van der Waals surface area contributed by atoms with E-state index in [1.54, 1.807) is 0 Å². The number of nitrogens with one attached hydrogen (secondary N) is 2. The number of halogens is 1. The SMILES string of the molecule is CCC(C)c1ccc(NC(=O)CCC(=O)NC2CCC(Cc3ccc(Cl)cc3)(N(C)C)CC2)cc1. The van der Waals surface area contributed by atoms with Gasteiger partial charge in [-0.1, -0.05) is 49.7 Å². The zero-order chi connectivity index (χ0) is 25.4. The zero-order valence-corrected chi connectivity index (χ0v) is 22.3. The van der Waals surface area contributed by atoms with Gasteiger partial charge in [0.2, 0.25) is 11.8 Å². The molecule has 35 heavy (non-hydrogen) atoms. The molecule has 0 heterocycles. The Morgan fingerprint density at radius 3 is 2.17 bits per heavy atom. The lowest BCUT2D eigenvalue weighted by Crippen LogP contribution is -2.52. The second-order valence-corrected chi connectivity index (χ2v) is 10.7. The number of hydrogen-bond donors (Lipinski definition) is 2. The van der Waals surface area contributed by atoms with E-state index in [9.17, 15) is 9.59 Å². The van der Waals surface area contributed by atoms with Crippen LogP contribution in [-0.4, -0.2) is 42.4 Å². The van der Waals surface area contributed by atoms with Gasteiger partial charge in [-0.25, -0.2) is 0 Å². The quantitative estimate of drug-likeness (QED) is 0.412. The molecule has 1 aliphatic carbocycles. The number of carbonyl (C=O) groups excluding carboxylic acids is 2. The normalized spacial score (nSPS) is 20.9. The third kappa shape index (κ3) is 7.81. The summed E-state index contributed by atoms with van der Waals surface area (Å²) in [5, 5.41) is 6.82. The van der Waals surface area contributed by atoms with Crippen molar-refractivity contribution in [2.75, 3.05) is 19.4 Å². The maximum absolute atomic E-state index is 12.5. The summed E-state index contributed by atoms with van der Waals surface area (Å²) in [6, 6.07) is 16.2. The molecule has 0 spiro atoms. The maximum Gasteiger partial charge on any atom is 0.224 e. The molecule has 2 aromatic rings. The van der Waals surface area contributed by atoms with E-state index in [-0.39, 0.29) is 36.2 Å². The number of likely N-dealkylation sites (N-methyl/N-ethyl adjacent to an activating group) is 1. The second kappa shape index (κ2) is 12.5. The zero-order valence-electron chi connectivity index (χ0n) is 21.6. The van der Waals surface area contributed by atoms with E-state index < -0.39 is 0 Å². The first-order chi connectivity index (χ1) is 16.7. The molecule has 0 bridgehead atoms. The highest BCUT2D eigenvalue weighted by atomic mass is 35.5. The lowest BCUT2D eigenvalue weighted by molar-refractivity contribution is -0.125. The van der Waals surface area contributed by atoms with E-state index in [0.29, 0.717) is 5.92 Å². The molecular formula is C29H40ClN3O2. The van der Waals surface area contributed by atoms with Crippen LogP contribution in [0.2, 0.25) is 5.02 Å². The Balaban J connectivity index is 1.42. The molecule has 0 aromatic heterocycles. The van der Waals surface area contributed by atoms with Gasteiger partial charge in [-0.05, 0) is 93.9 Å². The summed E-state index contributed by atoms with van der Waals surface area (Å²) < 4.78 is 0. The van der Waals surface area contributed by atoms with E-state index in [0.717, 1.165) is 49.2 Å². The molecule has 6 heteroatoms. The van der Waals surface area contributed by atoms with Crippen LogP contribution in [0.25, 0.3) is 0 Å². The predicted octanol–water partition coefficient (Wildman–Crippen LogP) is 6.17. The van der Waals surface area contributed by atoms with Gasteiger partial charge in [-0.15, -0.1) is 0 Å². The fourth-order valence-corrected chi connectivity index (χ4v) is 5.07. The predicted molar refractivity (Wildman–Crippen MR) is 145 cm³/mol. The standard InChI is InChI=1S/C29H40ClN3O2/c1-5-21(2)23-8-12-25(13-9-23)31-27(34)14-15-28(35)32-26-16-18-29(19-17-26,33(3)4)20-22-6-10-24(30)11-7-22/h6-13,21,26H,5,14-20H2,1-4H3,(H,31,34)(H,32,35). The largest absolute Gasteiger partial charge is 0.353 e. The lowest BCUT2D eigenvalue weighted by Gasteiger charge is -2.45.